The quantitative estimate of drug-likeness (QED) is 0.418. The molecule has 8 heteroatoms. The third-order valence-corrected chi connectivity index (χ3v) is 4.63. The van der Waals surface area contributed by atoms with Crippen molar-refractivity contribution < 1.29 is 19.0 Å². The second-order valence-electron chi connectivity index (χ2n) is 6.39. The molecule has 150 valence electrons. The van der Waals surface area contributed by atoms with Crippen LogP contribution in [0.3, 0.4) is 0 Å². The molecule has 0 fully saturated rings. The van der Waals surface area contributed by atoms with Crippen molar-refractivity contribution in [2.75, 3.05) is 27.1 Å². The van der Waals surface area contributed by atoms with E-state index in [4.69, 9.17) is 25.8 Å². The van der Waals surface area contributed by atoms with E-state index in [1.54, 1.807) is 51.0 Å². The van der Waals surface area contributed by atoms with E-state index in [0.29, 0.717) is 16.3 Å². The summed E-state index contributed by atoms with van der Waals surface area (Å²) >= 11 is 7.90. The van der Waals surface area contributed by atoms with Gasteiger partial charge >= 0.3 is 0 Å². The fourth-order valence-corrected chi connectivity index (χ4v) is 3.07. The molecule has 1 atom stereocenters. The molecule has 2 aromatic rings. The van der Waals surface area contributed by atoms with E-state index in [0.717, 1.165) is 10.3 Å². The highest BCUT2D eigenvalue weighted by atomic mass is 35.5. The maximum Gasteiger partial charge on any atom is 0.290 e. The molecule has 1 aromatic heterocycles. The molecular formula is C20H23ClN2O4S. The van der Waals surface area contributed by atoms with Crippen molar-refractivity contribution in [3.8, 4) is 17.6 Å². The van der Waals surface area contributed by atoms with Crippen molar-refractivity contribution in [2.24, 2.45) is 0 Å². The summed E-state index contributed by atoms with van der Waals surface area (Å²) in [4.78, 5) is 17.9. The molecule has 28 heavy (non-hydrogen) atoms. The Labute approximate surface area is 174 Å². The zero-order valence-corrected chi connectivity index (χ0v) is 18.0. The van der Waals surface area contributed by atoms with E-state index in [1.165, 1.54) is 7.11 Å². The molecule has 6 nitrogen and oxygen atoms in total. The number of amides is 1. The monoisotopic (exact) mass is 422 g/mol. The lowest BCUT2D eigenvalue weighted by Crippen LogP contribution is -2.49. The van der Waals surface area contributed by atoms with Crippen LogP contribution in [0.1, 0.15) is 13.8 Å². The lowest BCUT2D eigenvalue weighted by molar-refractivity contribution is -0.149. The number of pyridine rings is 1. The Bertz CT molecular complexity index is 908. The van der Waals surface area contributed by atoms with Gasteiger partial charge in [-0.15, -0.1) is 11.8 Å². The van der Waals surface area contributed by atoms with Gasteiger partial charge in [-0.1, -0.05) is 23.4 Å². The van der Waals surface area contributed by atoms with E-state index in [1.807, 2.05) is 12.3 Å². The average molecular weight is 423 g/mol. The summed E-state index contributed by atoms with van der Waals surface area (Å²) in [7, 11) is 2.95. The Morgan fingerprint density at radius 1 is 1.36 bits per heavy atom. The predicted molar refractivity (Wildman–Crippen MR) is 112 cm³/mol. The number of hydrogen-bond donors (Lipinski definition) is 1. The molecule has 0 spiro atoms. The van der Waals surface area contributed by atoms with Crippen LogP contribution in [0.25, 0.3) is 10.9 Å². The molecule has 1 heterocycles. The number of aromatic nitrogens is 1. The first-order chi connectivity index (χ1) is 13.3. The zero-order chi connectivity index (χ0) is 20.7. The Balaban J connectivity index is 2.19. The van der Waals surface area contributed by atoms with Crippen molar-refractivity contribution in [2.45, 2.75) is 30.6 Å². The molecule has 0 saturated heterocycles. The van der Waals surface area contributed by atoms with Crippen LogP contribution in [-0.4, -0.2) is 49.8 Å². The van der Waals surface area contributed by atoms with Crippen LogP contribution in [0.2, 0.25) is 5.02 Å². The summed E-state index contributed by atoms with van der Waals surface area (Å²) in [5, 5.41) is 4.04. The fraction of sp³-hybridized carbons (Fsp3) is 0.400. The lowest BCUT2D eigenvalue weighted by atomic mass is 10.1. The van der Waals surface area contributed by atoms with Gasteiger partial charge in [0.05, 0.1) is 16.1 Å². The topological polar surface area (TPSA) is 69.7 Å². The molecule has 1 amide bonds. The summed E-state index contributed by atoms with van der Waals surface area (Å²) < 4.78 is 15.8. The number of halogens is 1. The van der Waals surface area contributed by atoms with Gasteiger partial charge in [0.25, 0.3) is 12.2 Å². The van der Waals surface area contributed by atoms with Crippen LogP contribution in [0, 0.1) is 11.8 Å². The van der Waals surface area contributed by atoms with Crippen molar-refractivity contribution in [1.82, 2.24) is 10.3 Å². The number of hydrogen-bond acceptors (Lipinski definition) is 6. The minimum atomic E-state index is -1.16. The predicted octanol–water partition coefficient (Wildman–Crippen LogP) is 3.51. The van der Waals surface area contributed by atoms with E-state index in [9.17, 15) is 4.79 Å². The lowest BCUT2D eigenvalue weighted by Gasteiger charge is -2.24. The normalized spacial score (nSPS) is 12.2. The number of benzene rings is 1. The Morgan fingerprint density at radius 3 is 2.75 bits per heavy atom. The maximum absolute atomic E-state index is 12.6. The third-order valence-electron chi connectivity index (χ3n) is 3.65. The summed E-state index contributed by atoms with van der Waals surface area (Å²) in [6, 6.07) is 5.34. The first-order valence-corrected chi connectivity index (χ1v) is 10.0. The Kier molecular flexibility index (Phi) is 7.96. The number of rotatable bonds is 7. The minimum Gasteiger partial charge on any atom is -0.455 e. The van der Waals surface area contributed by atoms with Gasteiger partial charge in [0.1, 0.15) is 12.4 Å². The Morgan fingerprint density at radius 2 is 2.11 bits per heavy atom. The first-order valence-electron chi connectivity index (χ1n) is 8.43. The number of thioether (sulfide) groups is 1. The van der Waals surface area contributed by atoms with Crippen molar-refractivity contribution in [3.63, 3.8) is 0 Å². The number of fused-ring (bicyclic) bond motifs is 1. The van der Waals surface area contributed by atoms with Gasteiger partial charge in [-0.25, -0.2) is 0 Å². The molecule has 2 rings (SSSR count). The van der Waals surface area contributed by atoms with E-state index in [2.05, 4.69) is 22.1 Å². The van der Waals surface area contributed by atoms with Crippen LogP contribution >= 0.6 is 23.4 Å². The molecule has 1 N–H and O–H groups in total. The van der Waals surface area contributed by atoms with E-state index in [-0.39, 0.29) is 6.61 Å². The number of nitrogens with zero attached hydrogens (tertiary/aromatic N) is 1. The molecule has 0 radical (unpaired) electrons. The largest absolute Gasteiger partial charge is 0.455 e. The van der Waals surface area contributed by atoms with Crippen LogP contribution in [0.5, 0.6) is 5.75 Å². The molecule has 0 bridgehead atoms. The second-order valence-corrected chi connectivity index (χ2v) is 7.67. The van der Waals surface area contributed by atoms with Crippen molar-refractivity contribution in [1.29, 1.82) is 0 Å². The SMILES string of the molecule is COCC#CC(C)(C)NC(=O)C(OC)Oc1cc(Cl)c2ncc(SC)cc2c1. The molecule has 1 unspecified atom stereocenters. The highest BCUT2D eigenvalue weighted by Crippen LogP contribution is 2.30. The van der Waals surface area contributed by atoms with Gasteiger partial charge in [0, 0.05) is 36.8 Å². The maximum atomic E-state index is 12.6. The van der Waals surface area contributed by atoms with Crippen LogP contribution in [0.15, 0.2) is 29.3 Å². The molecule has 0 saturated carbocycles. The average Bonchev–Trinajstić information content (AvgIpc) is 2.65. The van der Waals surface area contributed by atoms with Crippen LogP contribution in [0.4, 0.5) is 0 Å². The standard InChI is InChI=1S/C20H23ClN2O4S/c1-20(2,7-6-8-25-3)23-18(24)19(26-4)27-14-9-13-10-15(28-5)12-22-17(13)16(21)11-14/h9-12,19H,8H2,1-5H3,(H,23,24). The minimum absolute atomic E-state index is 0.283. The fourth-order valence-electron chi connectivity index (χ4n) is 2.40. The number of carbonyl (C=O) groups excluding carboxylic acids is 1. The molecule has 1 aromatic carbocycles. The number of carbonyl (C=O) groups is 1. The highest BCUT2D eigenvalue weighted by molar-refractivity contribution is 7.98. The van der Waals surface area contributed by atoms with Crippen LogP contribution < -0.4 is 10.1 Å². The number of ether oxygens (including phenoxy) is 3. The Hall–Kier alpha value is -1.98. The van der Waals surface area contributed by atoms with Crippen molar-refractivity contribution in [3.05, 3.63) is 29.4 Å². The van der Waals surface area contributed by atoms with E-state index >= 15 is 0 Å². The van der Waals surface area contributed by atoms with Gasteiger partial charge < -0.3 is 19.5 Å². The van der Waals surface area contributed by atoms with Gasteiger partial charge in [0.2, 0.25) is 0 Å². The first kappa shape index (κ1) is 22.3. The molecule has 0 aliphatic rings. The summed E-state index contributed by atoms with van der Waals surface area (Å²) in [5.74, 6) is 5.71. The van der Waals surface area contributed by atoms with Crippen LogP contribution in [-0.2, 0) is 14.3 Å². The zero-order valence-electron chi connectivity index (χ0n) is 16.5. The third kappa shape index (κ3) is 6.01. The summed E-state index contributed by atoms with van der Waals surface area (Å²) in [6.07, 6.45) is 2.57. The van der Waals surface area contributed by atoms with E-state index < -0.39 is 17.7 Å². The molecular weight excluding hydrogens is 400 g/mol. The second kappa shape index (κ2) is 9.99. The van der Waals surface area contributed by atoms with Gasteiger partial charge in [-0.05, 0) is 32.2 Å². The summed E-state index contributed by atoms with van der Waals surface area (Å²) in [5.41, 5.74) is -0.103. The highest BCUT2D eigenvalue weighted by Gasteiger charge is 2.26. The smallest absolute Gasteiger partial charge is 0.290 e. The van der Waals surface area contributed by atoms with Gasteiger partial charge in [-0.3, -0.25) is 9.78 Å². The molecule has 0 aliphatic carbocycles. The number of nitrogens with one attached hydrogen (secondary N) is 1. The van der Waals surface area contributed by atoms with Gasteiger partial charge in [0.15, 0.2) is 0 Å². The number of methoxy groups -OCH3 is 2. The van der Waals surface area contributed by atoms with Gasteiger partial charge in [-0.2, -0.15) is 0 Å². The summed E-state index contributed by atoms with van der Waals surface area (Å²) in [6.45, 7) is 3.84. The van der Waals surface area contributed by atoms with Crippen molar-refractivity contribution >= 4 is 40.2 Å². The molecule has 0 aliphatic heterocycles.